The second-order valence-electron chi connectivity index (χ2n) is 15.7. The van der Waals surface area contributed by atoms with Crippen LogP contribution in [0.25, 0.3) is 49.2 Å². The summed E-state index contributed by atoms with van der Waals surface area (Å²) in [5.41, 5.74) is 1.71. The van der Waals surface area contributed by atoms with Crippen LogP contribution in [0.3, 0.4) is 0 Å². The number of phenols is 2. The molecule has 0 amide bonds. The van der Waals surface area contributed by atoms with E-state index in [1.54, 1.807) is 0 Å². The van der Waals surface area contributed by atoms with Gasteiger partial charge in [-0.3, -0.25) is 14.6 Å². The van der Waals surface area contributed by atoms with Crippen molar-refractivity contribution in [2.24, 2.45) is 4.99 Å². The number of aliphatic hydroxyl groups is 2. The van der Waals surface area contributed by atoms with Gasteiger partial charge in [-0.1, -0.05) is 11.6 Å². The van der Waals surface area contributed by atoms with Crippen LogP contribution in [-0.4, -0.2) is 179 Å². The number of benzene rings is 5. The highest BCUT2D eigenvalue weighted by Gasteiger charge is 2.37. The zero-order valence-corrected chi connectivity index (χ0v) is 39.5. The molecule has 0 fully saturated rings. The summed E-state index contributed by atoms with van der Waals surface area (Å²) in [4.78, 5) is 33.3. The Hall–Kier alpha value is -5.19. The van der Waals surface area contributed by atoms with E-state index < -0.39 is 16.8 Å². The van der Waals surface area contributed by atoms with E-state index in [4.69, 9.17) is 67.3 Å². The Labute approximate surface area is 393 Å². The maximum absolute atomic E-state index is 14.2. The molecule has 372 valence electrons. The van der Waals surface area contributed by atoms with Crippen LogP contribution in [-0.2, 0) is 37.9 Å². The lowest BCUT2D eigenvalue weighted by Crippen LogP contribution is -2.16. The van der Waals surface area contributed by atoms with E-state index in [-0.39, 0.29) is 97.9 Å². The van der Waals surface area contributed by atoms with Crippen molar-refractivity contribution in [1.82, 2.24) is 0 Å². The number of nitrogens with one attached hydrogen (secondary N) is 1. The molecule has 0 aliphatic heterocycles. The maximum Gasteiger partial charge on any atom is 0.194 e. The van der Waals surface area contributed by atoms with E-state index >= 15 is 0 Å². The first-order chi connectivity index (χ1) is 33.2. The lowest BCUT2D eigenvalue weighted by atomic mass is 9.80. The highest BCUT2D eigenvalue weighted by atomic mass is 16.6. The van der Waals surface area contributed by atoms with Crippen molar-refractivity contribution < 1.29 is 72.5 Å². The van der Waals surface area contributed by atoms with E-state index in [1.807, 2.05) is 19.9 Å². The number of rotatable bonds is 33. The van der Waals surface area contributed by atoms with Gasteiger partial charge in [0.05, 0.1) is 163 Å². The minimum absolute atomic E-state index is 0.00613. The SMILES string of the molecule is COc1c(O)c2c(=O)cc(OC)c3c4c(OC)cc(=O)c5c(O)c(NCCOCCOCCOCCOCCO)c6c(c(c1C(/C(C)=N/CCOCCOCCOCCOCCO)C(C)=C6)c23)c54. The summed E-state index contributed by atoms with van der Waals surface area (Å²) in [6, 6.07) is 2.59. The normalized spacial score (nSPS) is 14.0. The van der Waals surface area contributed by atoms with Gasteiger partial charge in [0.25, 0.3) is 0 Å². The second-order valence-corrected chi connectivity index (χ2v) is 15.7. The molecule has 1 atom stereocenters. The number of aliphatic imine (C=N–C) groups is 1. The van der Waals surface area contributed by atoms with Gasteiger partial charge in [-0.15, -0.1) is 0 Å². The van der Waals surface area contributed by atoms with Crippen molar-refractivity contribution >= 4 is 60.6 Å². The number of hydrogen-bond acceptors (Lipinski definition) is 19. The molecule has 0 radical (unpaired) electrons. The van der Waals surface area contributed by atoms with E-state index in [2.05, 4.69) is 5.32 Å². The number of aromatic hydroxyl groups is 2. The third kappa shape index (κ3) is 11.6. The average Bonchev–Trinajstić information content (AvgIpc) is 3.46. The van der Waals surface area contributed by atoms with Gasteiger partial charge in [0, 0.05) is 68.4 Å². The largest absolute Gasteiger partial charge is 0.505 e. The lowest BCUT2D eigenvalue weighted by molar-refractivity contribution is -0.00479. The fourth-order valence-corrected chi connectivity index (χ4v) is 8.74. The lowest BCUT2D eigenvalue weighted by Gasteiger charge is -2.26. The van der Waals surface area contributed by atoms with E-state index in [9.17, 15) is 19.8 Å². The molecular formula is C49H64N2O17. The summed E-state index contributed by atoms with van der Waals surface area (Å²) in [5.74, 6) is -0.831. The quantitative estimate of drug-likeness (QED) is 0.0132. The Morgan fingerprint density at radius 2 is 1.00 bits per heavy atom. The standard InChI is InChI=1S/C49H64N2O17/c1-29-26-31-37-42-38(47(56)46(31)51-7-11-62-15-19-66-23-25-68-21-17-64-13-9-53)32(54)27-34(58-3)40(42)41-35(59-4)28-33(55)39-44(41)43(37)45(49(60-5)48(39)57)36(29)30(2)50-6-10-61-14-18-65-22-24-67-20-16-63-12-8-52/h26-28,36,51-53,56-57H,6-25H2,1-5H3/b50-30+. The molecule has 0 aromatic heterocycles. The first-order valence-corrected chi connectivity index (χ1v) is 22.7. The average molecular weight is 953 g/mol. The zero-order valence-electron chi connectivity index (χ0n) is 39.5. The summed E-state index contributed by atoms with van der Waals surface area (Å²) in [5, 5.41) is 48.0. The van der Waals surface area contributed by atoms with Gasteiger partial charge in [-0.05, 0) is 19.2 Å². The summed E-state index contributed by atoms with van der Waals surface area (Å²) < 4.78 is 62.0. The Morgan fingerprint density at radius 3 is 1.47 bits per heavy atom. The fourth-order valence-electron chi connectivity index (χ4n) is 8.74. The van der Waals surface area contributed by atoms with Gasteiger partial charge in [-0.2, -0.15) is 0 Å². The number of anilines is 1. The van der Waals surface area contributed by atoms with Crippen LogP contribution in [0.5, 0.6) is 28.7 Å². The van der Waals surface area contributed by atoms with Crippen molar-refractivity contribution in [1.29, 1.82) is 0 Å². The van der Waals surface area contributed by atoms with Crippen LogP contribution in [0, 0.1) is 0 Å². The van der Waals surface area contributed by atoms with Gasteiger partial charge < -0.3 is 77.8 Å². The summed E-state index contributed by atoms with van der Waals surface area (Å²) in [6.45, 7) is 9.73. The third-order valence-electron chi connectivity index (χ3n) is 11.5. The molecule has 1 aliphatic carbocycles. The van der Waals surface area contributed by atoms with Gasteiger partial charge in [0.1, 0.15) is 11.5 Å². The highest BCUT2D eigenvalue weighted by Crippen LogP contribution is 2.58. The van der Waals surface area contributed by atoms with Crippen molar-refractivity contribution in [3.63, 3.8) is 0 Å². The predicted molar refractivity (Wildman–Crippen MR) is 258 cm³/mol. The van der Waals surface area contributed by atoms with Crippen LogP contribution in [0.2, 0.25) is 0 Å². The van der Waals surface area contributed by atoms with Crippen molar-refractivity contribution in [2.45, 2.75) is 19.8 Å². The number of fused-ring (bicyclic) bond motifs is 1. The number of nitrogens with zero attached hydrogens (tertiary/aromatic N) is 1. The zero-order chi connectivity index (χ0) is 48.6. The van der Waals surface area contributed by atoms with Gasteiger partial charge in [-0.25, -0.2) is 0 Å². The molecular weight excluding hydrogens is 889 g/mol. The molecule has 6 rings (SSSR count). The minimum Gasteiger partial charge on any atom is -0.505 e. The van der Waals surface area contributed by atoms with E-state index in [1.165, 1.54) is 33.5 Å². The Bertz CT molecular complexity index is 2620. The topological polar surface area (TPSA) is 241 Å². The van der Waals surface area contributed by atoms with Crippen LogP contribution in [0.1, 0.15) is 30.9 Å². The molecule has 0 spiro atoms. The molecule has 1 aliphatic rings. The van der Waals surface area contributed by atoms with Crippen LogP contribution in [0.4, 0.5) is 5.69 Å². The smallest absolute Gasteiger partial charge is 0.194 e. The Morgan fingerprint density at radius 1 is 0.559 bits per heavy atom. The first-order valence-electron chi connectivity index (χ1n) is 22.7. The molecule has 68 heavy (non-hydrogen) atoms. The predicted octanol–water partition coefficient (Wildman–Crippen LogP) is 3.82. The number of aliphatic hydroxyl groups excluding tert-OH is 2. The molecule has 19 nitrogen and oxygen atoms in total. The molecule has 0 heterocycles. The monoisotopic (exact) mass is 952 g/mol. The summed E-state index contributed by atoms with van der Waals surface area (Å²) >= 11 is 0. The van der Waals surface area contributed by atoms with Crippen molar-refractivity contribution in [3.05, 3.63) is 49.3 Å². The number of hydrogen-bond donors (Lipinski definition) is 5. The van der Waals surface area contributed by atoms with E-state index in [0.29, 0.717) is 128 Å². The summed E-state index contributed by atoms with van der Waals surface area (Å²) in [7, 11) is 4.30. The van der Waals surface area contributed by atoms with Crippen molar-refractivity contribution in [2.75, 3.05) is 159 Å². The Kier molecular flexibility index (Phi) is 19.9. The van der Waals surface area contributed by atoms with Crippen LogP contribution < -0.4 is 30.4 Å². The molecule has 0 bridgehead atoms. The van der Waals surface area contributed by atoms with E-state index in [0.717, 1.165) is 5.57 Å². The third-order valence-corrected chi connectivity index (χ3v) is 11.5. The molecule has 5 N–H and O–H groups in total. The van der Waals surface area contributed by atoms with Crippen molar-refractivity contribution in [3.8, 4) is 28.7 Å². The summed E-state index contributed by atoms with van der Waals surface area (Å²) in [6.07, 6.45) is 1.93. The molecule has 0 saturated carbocycles. The highest BCUT2D eigenvalue weighted by molar-refractivity contribution is 6.40. The number of ether oxygens (including phenoxy) is 11. The van der Waals surface area contributed by atoms with Crippen LogP contribution in [0.15, 0.2) is 32.3 Å². The number of phenolic OH excluding ortho intramolecular Hbond substituents is 2. The fraction of sp³-hybridized carbons (Fsp3) is 0.531. The van der Waals surface area contributed by atoms with Crippen LogP contribution >= 0.6 is 0 Å². The van der Waals surface area contributed by atoms with Gasteiger partial charge in [0.2, 0.25) is 0 Å². The molecule has 19 heteroatoms. The molecule has 5 aromatic carbocycles. The molecule has 0 saturated heterocycles. The number of methoxy groups -OCH3 is 3. The van der Waals surface area contributed by atoms with Gasteiger partial charge in [0.15, 0.2) is 28.1 Å². The first kappa shape index (κ1) is 52.2. The second kappa shape index (κ2) is 26.0. The Balaban J connectivity index is 1.33. The number of allylic oxidation sites excluding steroid dienone is 1. The molecule has 5 aromatic rings. The van der Waals surface area contributed by atoms with Gasteiger partial charge >= 0.3 is 0 Å². The molecule has 1 unspecified atom stereocenters. The minimum atomic E-state index is -0.633. The maximum atomic E-state index is 14.2.